The number of ether oxygens (including phenoxy) is 1. The first-order chi connectivity index (χ1) is 10.1. The molecule has 0 spiro atoms. The highest BCUT2D eigenvalue weighted by Gasteiger charge is 2.10. The van der Waals surface area contributed by atoms with Crippen LogP contribution in [0.2, 0.25) is 0 Å². The van der Waals surface area contributed by atoms with Gasteiger partial charge in [0.25, 0.3) is 5.91 Å². The molecule has 0 bridgehead atoms. The van der Waals surface area contributed by atoms with E-state index in [4.69, 9.17) is 9.84 Å². The number of aromatic nitrogens is 2. The van der Waals surface area contributed by atoms with E-state index >= 15 is 0 Å². The fourth-order valence-electron chi connectivity index (χ4n) is 1.72. The summed E-state index contributed by atoms with van der Waals surface area (Å²) >= 11 is 0. The number of aliphatic carboxylic acids is 1. The third-order valence-electron chi connectivity index (χ3n) is 2.78. The minimum Gasteiger partial charge on any atom is -0.497 e. The number of hydrogen-bond acceptors (Lipinski definition) is 4. The summed E-state index contributed by atoms with van der Waals surface area (Å²) in [5.74, 6) is -0.581. The van der Waals surface area contributed by atoms with Crippen LogP contribution in [0.15, 0.2) is 36.7 Å². The molecule has 2 rings (SSSR count). The van der Waals surface area contributed by atoms with Crippen molar-refractivity contribution in [2.75, 3.05) is 12.4 Å². The maximum absolute atomic E-state index is 12.0. The summed E-state index contributed by atoms with van der Waals surface area (Å²) in [5.41, 5.74) is 0.973. The van der Waals surface area contributed by atoms with Crippen molar-refractivity contribution in [3.63, 3.8) is 0 Å². The minimum atomic E-state index is -0.909. The van der Waals surface area contributed by atoms with E-state index in [1.807, 2.05) is 0 Å². The lowest BCUT2D eigenvalue weighted by Gasteiger charge is -2.05. The van der Waals surface area contributed by atoms with Gasteiger partial charge in [-0.1, -0.05) is 6.07 Å². The van der Waals surface area contributed by atoms with Crippen LogP contribution in [-0.2, 0) is 11.3 Å². The Morgan fingerprint density at radius 1 is 1.43 bits per heavy atom. The molecule has 110 valence electrons. The Labute approximate surface area is 121 Å². The van der Waals surface area contributed by atoms with Crippen molar-refractivity contribution < 1.29 is 19.4 Å². The lowest BCUT2D eigenvalue weighted by atomic mass is 10.2. The lowest BCUT2D eigenvalue weighted by Crippen LogP contribution is -2.11. The van der Waals surface area contributed by atoms with E-state index in [1.165, 1.54) is 17.1 Å². The van der Waals surface area contributed by atoms with Crippen LogP contribution in [-0.4, -0.2) is 33.9 Å². The van der Waals surface area contributed by atoms with Gasteiger partial charge < -0.3 is 15.2 Å². The van der Waals surface area contributed by atoms with Gasteiger partial charge in [0.15, 0.2) is 0 Å². The van der Waals surface area contributed by atoms with Crippen molar-refractivity contribution >= 4 is 17.6 Å². The number of anilines is 1. The first kappa shape index (κ1) is 14.6. The summed E-state index contributed by atoms with van der Waals surface area (Å²) < 4.78 is 6.50. The standard InChI is InChI=1S/C14H15N3O4/c1-21-12-4-2-3-11(7-12)16-14(20)10-8-15-17(9-10)6-5-13(18)19/h2-4,7-9H,5-6H2,1H3,(H,16,20)(H,18,19). The quantitative estimate of drug-likeness (QED) is 0.842. The molecule has 7 heteroatoms. The third kappa shape index (κ3) is 4.07. The van der Waals surface area contributed by atoms with Gasteiger partial charge >= 0.3 is 5.97 Å². The van der Waals surface area contributed by atoms with Gasteiger partial charge in [-0.25, -0.2) is 0 Å². The molecule has 7 nitrogen and oxygen atoms in total. The molecule has 0 aliphatic carbocycles. The van der Waals surface area contributed by atoms with Crippen LogP contribution < -0.4 is 10.1 Å². The van der Waals surface area contributed by atoms with Crippen molar-refractivity contribution in [2.24, 2.45) is 0 Å². The number of hydrogen-bond donors (Lipinski definition) is 2. The molecule has 1 aromatic heterocycles. The van der Waals surface area contributed by atoms with E-state index in [0.29, 0.717) is 17.0 Å². The molecule has 2 N–H and O–H groups in total. The summed E-state index contributed by atoms with van der Waals surface area (Å²) in [5, 5.41) is 15.3. The molecule has 0 saturated heterocycles. The Kier molecular flexibility index (Phi) is 4.55. The van der Waals surface area contributed by atoms with Crippen LogP contribution in [0.25, 0.3) is 0 Å². The number of rotatable bonds is 6. The number of nitrogens with zero attached hydrogens (tertiary/aromatic N) is 2. The van der Waals surface area contributed by atoms with Crippen molar-refractivity contribution in [1.82, 2.24) is 9.78 Å². The fraction of sp³-hybridized carbons (Fsp3) is 0.214. The van der Waals surface area contributed by atoms with Crippen LogP contribution in [0, 0.1) is 0 Å². The molecule has 0 unspecified atom stereocenters. The molecule has 21 heavy (non-hydrogen) atoms. The van der Waals surface area contributed by atoms with Crippen molar-refractivity contribution in [3.05, 3.63) is 42.2 Å². The summed E-state index contributed by atoms with van der Waals surface area (Å²) in [6, 6.07) is 6.99. The van der Waals surface area contributed by atoms with Crippen LogP contribution in [0.4, 0.5) is 5.69 Å². The normalized spacial score (nSPS) is 10.1. The monoisotopic (exact) mass is 289 g/mol. The molecule has 0 fully saturated rings. The molecule has 2 aromatic rings. The second-order valence-corrected chi connectivity index (χ2v) is 4.32. The maximum Gasteiger partial charge on any atom is 0.305 e. The summed E-state index contributed by atoms with van der Waals surface area (Å²) in [6.07, 6.45) is 2.87. The highest BCUT2D eigenvalue weighted by Crippen LogP contribution is 2.17. The molecule has 1 heterocycles. The van der Waals surface area contributed by atoms with Crippen molar-refractivity contribution in [1.29, 1.82) is 0 Å². The molecule has 1 aromatic carbocycles. The van der Waals surface area contributed by atoms with Crippen LogP contribution in [0.1, 0.15) is 16.8 Å². The molecule has 0 atom stereocenters. The molecule has 1 amide bonds. The molecule has 0 saturated carbocycles. The highest BCUT2D eigenvalue weighted by molar-refractivity contribution is 6.04. The molecule has 0 radical (unpaired) electrons. The molecular formula is C14H15N3O4. The van der Waals surface area contributed by atoms with Gasteiger partial charge in [0.05, 0.1) is 31.8 Å². The predicted octanol–water partition coefficient (Wildman–Crippen LogP) is 1.62. The van der Waals surface area contributed by atoms with Gasteiger partial charge in [-0.15, -0.1) is 0 Å². The first-order valence-electron chi connectivity index (χ1n) is 6.28. The number of carboxylic acids is 1. The second kappa shape index (κ2) is 6.56. The number of amides is 1. The first-order valence-corrected chi connectivity index (χ1v) is 6.28. The minimum absolute atomic E-state index is 0.0430. The smallest absolute Gasteiger partial charge is 0.305 e. The Hall–Kier alpha value is -2.83. The van der Waals surface area contributed by atoms with Gasteiger partial charge in [0, 0.05) is 18.0 Å². The summed E-state index contributed by atoms with van der Waals surface area (Å²) in [7, 11) is 1.55. The zero-order valence-electron chi connectivity index (χ0n) is 11.4. The van der Waals surface area contributed by atoms with E-state index in [0.717, 1.165) is 0 Å². The van der Waals surface area contributed by atoms with Crippen molar-refractivity contribution in [3.8, 4) is 5.75 Å². The number of aryl methyl sites for hydroxylation is 1. The Morgan fingerprint density at radius 3 is 2.95 bits per heavy atom. The predicted molar refractivity (Wildman–Crippen MR) is 75.4 cm³/mol. The summed E-state index contributed by atoms with van der Waals surface area (Å²) in [6.45, 7) is 0.224. The van der Waals surface area contributed by atoms with Gasteiger partial charge in [0.2, 0.25) is 0 Å². The van der Waals surface area contributed by atoms with E-state index in [9.17, 15) is 9.59 Å². The van der Waals surface area contributed by atoms with E-state index < -0.39 is 5.97 Å². The zero-order chi connectivity index (χ0) is 15.2. The Bertz CT molecular complexity index is 651. The van der Waals surface area contributed by atoms with Gasteiger partial charge in [-0.05, 0) is 12.1 Å². The van der Waals surface area contributed by atoms with Gasteiger partial charge in [-0.2, -0.15) is 5.10 Å². The van der Waals surface area contributed by atoms with Crippen LogP contribution in [0.3, 0.4) is 0 Å². The zero-order valence-corrected chi connectivity index (χ0v) is 11.4. The fourth-order valence-corrected chi connectivity index (χ4v) is 1.72. The number of carbonyl (C=O) groups is 2. The van der Waals surface area contributed by atoms with E-state index in [2.05, 4.69) is 10.4 Å². The van der Waals surface area contributed by atoms with Crippen LogP contribution in [0.5, 0.6) is 5.75 Å². The number of carboxylic acid groups (broad SMARTS) is 1. The topological polar surface area (TPSA) is 93.5 Å². The molecule has 0 aliphatic heterocycles. The number of nitrogens with one attached hydrogen (secondary N) is 1. The Morgan fingerprint density at radius 2 is 2.24 bits per heavy atom. The average molecular weight is 289 g/mol. The highest BCUT2D eigenvalue weighted by atomic mass is 16.5. The number of benzene rings is 1. The van der Waals surface area contributed by atoms with Crippen LogP contribution >= 0.6 is 0 Å². The Balaban J connectivity index is 2.01. The second-order valence-electron chi connectivity index (χ2n) is 4.32. The number of carbonyl (C=O) groups excluding carboxylic acids is 1. The van der Waals surface area contributed by atoms with Gasteiger partial charge in [-0.3, -0.25) is 14.3 Å². The van der Waals surface area contributed by atoms with Gasteiger partial charge in [0.1, 0.15) is 5.75 Å². The third-order valence-corrected chi connectivity index (χ3v) is 2.78. The average Bonchev–Trinajstić information content (AvgIpc) is 2.94. The van der Waals surface area contributed by atoms with Crippen molar-refractivity contribution in [2.45, 2.75) is 13.0 Å². The van der Waals surface area contributed by atoms with E-state index in [-0.39, 0.29) is 18.9 Å². The number of methoxy groups -OCH3 is 1. The largest absolute Gasteiger partial charge is 0.497 e. The maximum atomic E-state index is 12.0. The summed E-state index contributed by atoms with van der Waals surface area (Å²) in [4.78, 5) is 22.5. The lowest BCUT2D eigenvalue weighted by molar-refractivity contribution is -0.137. The van der Waals surface area contributed by atoms with E-state index in [1.54, 1.807) is 31.4 Å². The molecule has 0 aliphatic rings. The SMILES string of the molecule is COc1cccc(NC(=O)c2cnn(CCC(=O)O)c2)c1. The molecular weight excluding hydrogens is 274 g/mol.